The second-order valence-electron chi connectivity index (χ2n) is 5.08. The van der Waals surface area contributed by atoms with E-state index in [-0.39, 0.29) is 19.1 Å². The van der Waals surface area contributed by atoms with Crippen LogP contribution in [0.15, 0.2) is 18.2 Å². The topological polar surface area (TPSA) is 88.1 Å². The van der Waals surface area contributed by atoms with Crippen LogP contribution in [0.4, 0.5) is 4.79 Å². The van der Waals surface area contributed by atoms with Crippen LogP contribution in [0.5, 0.6) is 11.5 Å². The summed E-state index contributed by atoms with van der Waals surface area (Å²) in [6, 6.07) is 5.17. The van der Waals surface area contributed by atoms with Crippen LogP contribution in [0.1, 0.15) is 12.0 Å². The summed E-state index contributed by atoms with van der Waals surface area (Å²) in [6.07, 6.45) is 0.491. The van der Waals surface area contributed by atoms with Gasteiger partial charge in [0.2, 0.25) is 0 Å². The summed E-state index contributed by atoms with van der Waals surface area (Å²) >= 11 is 0. The molecule has 1 unspecified atom stereocenters. The zero-order valence-electron chi connectivity index (χ0n) is 12.7. The molecule has 1 aliphatic heterocycles. The molecule has 7 heteroatoms. The van der Waals surface area contributed by atoms with Gasteiger partial charge in [-0.2, -0.15) is 0 Å². The number of ether oxygens (including phenoxy) is 2. The van der Waals surface area contributed by atoms with E-state index < -0.39 is 11.9 Å². The number of aliphatic carboxylic acids is 1. The average molecular weight is 308 g/mol. The fourth-order valence-corrected chi connectivity index (χ4v) is 2.52. The van der Waals surface area contributed by atoms with E-state index in [9.17, 15) is 9.59 Å². The van der Waals surface area contributed by atoms with Gasteiger partial charge in [-0.05, 0) is 12.5 Å². The maximum atomic E-state index is 12.1. The molecule has 0 spiro atoms. The van der Waals surface area contributed by atoms with Gasteiger partial charge >= 0.3 is 12.0 Å². The highest BCUT2D eigenvalue weighted by molar-refractivity contribution is 5.77. The highest BCUT2D eigenvalue weighted by atomic mass is 16.5. The van der Waals surface area contributed by atoms with E-state index in [2.05, 4.69) is 5.32 Å². The molecule has 0 saturated carbocycles. The molecule has 1 aliphatic rings. The number of urea groups is 1. The molecule has 1 saturated heterocycles. The van der Waals surface area contributed by atoms with Crippen LogP contribution in [0.25, 0.3) is 0 Å². The number of carbonyl (C=O) groups excluding carboxylic acids is 1. The van der Waals surface area contributed by atoms with E-state index in [1.54, 1.807) is 20.3 Å². The second-order valence-corrected chi connectivity index (χ2v) is 5.08. The van der Waals surface area contributed by atoms with Gasteiger partial charge < -0.3 is 24.8 Å². The number of carboxylic acid groups (broad SMARTS) is 1. The molecule has 0 aliphatic carbocycles. The predicted octanol–water partition coefficient (Wildman–Crippen LogP) is 1.32. The Balaban J connectivity index is 1.96. The Morgan fingerprint density at radius 1 is 1.36 bits per heavy atom. The summed E-state index contributed by atoms with van der Waals surface area (Å²) in [5, 5.41) is 11.7. The van der Waals surface area contributed by atoms with Crippen molar-refractivity contribution in [3.63, 3.8) is 0 Å². The first kappa shape index (κ1) is 15.9. The lowest BCUT2D eigenvalue weighted by Crippen LogP contribution is -2.38. The van der Waals surface area contributed by atoms with Crippen LogP contribution in [0, 0.1) is 5.92 Å². The number of nitrogens with zero attached hydrogens (tertiary/aromatic N) is 1. The molecule has 7 nitrogen and oxygen atoms in total. The fraction of sp³-hybridized carbons (Fsp3) is 0.467. The number of rotatable bonds is 5. The number of hydrogen-bond donors (Lipinski definition) is 2. The summed E-state index contributed by atoms with van der Waals surface area (Å²) < 4.78 is 10.5. The van der Waals surface area contributed by atoms with Crippen molar-refractivity contribution >= 4 is 12.0 Å². The minimum Gasteiger partial charge on any atom is -0.493 e. The number of carbonyl (C=O) groups is 2. The maximum Gasteiger partial charge on any atom is 0.317 e. The lowest BCUT2D eigenvalue weighted by Gasteiger charge is -2.18. The van der Waals surface area contributed by atoms with E-state index in [0.717, 1.165) is 5.56 Å². The third kappa shape index (κ3) is 3.41. The Morgan fingerprint density at radius 2 is 2.14 bits per heavy atom. The number of hydrogen-bond acceptors (Lipinski definition) is 4. The Hall–Kier alpha value is -2.44. The van der Waals surface area contributed by atoms with Crippen molar-refractivity contribution in [3.8, 4) is 11.5 Å². The Labute approximate surface area is 128 Å². The van der Waals surface area contributed by atoms with E-state index in [4.69, 9.17) is 14.6 Å². The maximum absolute atomic E-state index is 12.1. The molecule has 0 bridgehead atoms. The van der Waals surface area contributed by atoms with Crippen LogP contribution in [0.2, 0.25) is 0 Å². The molecule has 1 fully saturated rings. The smallest absolute Gasteiger partial charge is 0.317 e. The van der Waals surface area contributed by atoms with Crippen molar-refractivity contribution < 1.29 is 24.2 Å². The summed E-state index contributed by atoms with van der Waals surface area (Å²) in [6.45, 7) is 0.988. The van der Waals surface area contributed by atoms with Gasteiger partial charge in [0.05, 0.1) is 20.1 Å². The van der Waals surface area contributed by atoms with Crippen LogP contribution in [-0.4, -0.2) is 49.3 Å². The number of amides is 2. The average Bonchev–Trinajstić information content (AvgIpc) is 3.02. The summed E-state index contributed by atoms with van der Waals surface area (Å²) in [4.78, 5) is 24.5. The highest BCUT2D eigenvalue weighted by Crippen LogP contribution is 2.30. The van der Waals surface area contributed by atoms with Crippen molar-refractivity contribution in [2.45, 2.75) is 13.0 Å². The molecule has 1 heterocycles. The van der Waals surface area contributed by atoms with Gasteiger partial charge in [0.15, 0.2) is 11.5 Å². The quantitative estimate of drug-likeness (QED) is 0.856. The van der Waals surface area contributed by atoms with Gasteiger partial charge in [0, 0.05) is 25.2 Å². The molecule has 1 aromatic carbocycles. The second kappa shape index (κ2) is 7.02. The molecule has 22 heavy (non-hydrogen) atoms. The van der Waals surface area contributed by atoms with E-state index in [0.29, 0.717) is 24.5 Å². The van der Waals surface area contributed by atoms with Crippen LogP contribution < -0.4 is 14.8 Å². The minimum absolute atomic E-state index is 0.246. The van der Waals surface area contributed by atoms with Crippen molar-refractivity contribution in [1.29, 1.82) is 0 Å². The zero-order chi connectivity index (χ0) is 16.1. The molecule has 1 atom stereocenters. The molecule has 2 N–H and O–H groups in total. The van der Waals surface area contributed by atoms with Gasteiger partial charge in [0.25, 0.3) is 0 Å². The monoisotopic (exact) mass is 308 g/mol. The largest absolute Gasteiger partial charge is 0.493 e. The number of nitrogens with one attached hydrogen (secondary N) is 1. The zero-order valence-corrected chi connectivity index (χ0v) is 12.7. The third-order valence-electron chi connectivity index (χ3n) is 3.74. The van der Waals surface area contributed by atoms with Gasteiger partial charge in [-0.25, -0.2) is 4.79 Å². The van der Waals surface area contributed by atoms with E-state index in [1.165, 1.54) is 4.90 Å². The van der Waals surface area contributed by atoms with Crippen LogP contribution in [0.3, 0.4) is 0 Å². The Bertz CT molecular complexity index is 561. The minimum atomic E-state index is -0.857. The first-order valence-electron chi connectivity index (χ1n) is 7.02. The highest BCUT2D eigenvalue weighted by Gasteiger charge is 2.30. The molecule has 120 valence electrons. The van der Waals surface area contributed by atoms with Gasteiger partial charge in [-0.15, -0.1) is 0 Å². The molecule has 2 rings (SSSR count). The first-order chi connectivity index (χ1) is 10.6. The van der Waals surface area contributed by atoms with Crippen LogP contribution >= 0.6 is 0 Å². The number of benzene rings is 1. The van der Waals surface area contributed by atoms with Crippen molar-refractivity contribution in [3.05, 3.63) is 23.8 Å². The van der Waals surface area contributed by atoms with Gasteiger partial charge in [-0.1, -0.05) is 12.1 Å². The number of likely N-dealkylation sites (tertiary alicyclic amines) is 1. The van der Waals surface area contributed by atoms with Crippen molar-refractivity contribution in [2.75, 3.05) is 27.3 Å². The standard InChI is InChI=1S/C15H20N2O5/c1-21-12-5-3-4-10(13(12)22-2)8-16-15(20)17-7-6-11(9-17)14(18)19/h3-5,11H,6-9H2,1-2H3,(H,16,20)(H,18,19). The van der Waals surface area contributed by atoms with Crippen LogP contribution in [-0.2, 0) is 11.3 Å². The third-order valence-corrected chi connectivity index (χ3v) is 3.74. The van der Waals surface area contributed by atoms with Crippen molar-refractivity contribution in [2.24, 2.45) is 5.92 Å². The molecular formula is C15H20N2O5. The normalized spacial score (nSPS) is 17.2. The molecule has 0 radical (unpaired) electrons. The molecule has 2 amide bonds. The van der Waals surface area contributed by atoms with E-state index >= 15 is 0 Å². The molecule has 1 aromatic rings. The van der Waals surface area contributed by atoms with Gasteiger partial charge in [0.1, 0.15) is 0 Å². The van der Waals surface area contributed by atoms with Gasteiger partial charge in [-0.3, -0.25) is 4.79 Å². The first-order valence-corrected chi connectivity index (χ1v) is 7.02. The predicted molar refractivity (Wildman–Crippen MR) is 79.1 cm³/mol. The summed E-state index contributed by atoms with van der Waals surface area (Å²) in [5.41, 5.74) is 0.796. The fourth-order valence-electron chi connectivity index (χ4n) is 2.52. The number of methoxy groups -OCH3 is 2. The number of para-hydroxylation sites is 1. The number of carboxylic acids is 1. The molecular weight excluding hydrogens is 288 g/mol. The molecule has 0 aromatic heterocycles. The summed E-state index contributed by atoms with van der Waals surface area (Å²) in [7, 11) is 3.09. The Morgan fingerprint density at radius 3 is 2.73 bits per heavy atom. The Kier molecular flexibility index (Phi) is 5.08. The van der Waals surface area contributed by atoms with Crippen molar-refractivity contribution in [1.82, 2.24) is 10.2 Å². The lowest BCUT2D eigenvalue weighted by atomic mass is 10.1. The lowest BCUT2D eigenvalue weighted by molar-refractivity contribution is -0.141. The SMILES string of the molecule is COc1cccc(CNC(=O)N2CCC(C(=O)O)C2)c1OC. The summed E-state index contributed by atoms with van der Waals surface area (Å²) in [5.74, 6) is -0.154. The van der Waals surface area contributed by atoms with E-state index in [1.807, 2.05) is 12.1 Å².